The Bertz CT molecular complexity index is 695. The van der Waals surface area contributed by atoms with Gasteiger partial charge in [-0.15, -0.1) is 0 Å². The molecule has 0 aliphatic heterocycles. The molecule has 0 radical (unpaired) electrons. The molecule has 2 aromatic heterocycles. The Hall–Kier alpha value is -2.89. The number of nitrogens with two attached hydrogens (primary N) is 2. The van der Waals surface area contributed by atoms with Crippen LogP contribution >= 0.6 is 0 Å². The molecular weight excluding hydrogens is 242 g/mol. The van der Waals surface area contributed by atoms with Crippen molar-refractivity contribution in [3.8, 4) is 22.6 Å². The van der Waals surface area contributed by atoms with Crippen molar-refractivity contribution in [1.29, 1.82) is 0 Å². The lowest BCUT2D eigenvalue weighted by molar-refractivity contribution is 0.572. The Balaban J connectivity index is 2.29. The van der Waals surface area contributed by atoms with Gasteiger partial charge in [0.25, 0.3) is 0 Å². The van der Waals surface area contributed by atoms with E-state index in [9.17, 15) is 0 Å². The number of benzene rings is 1. The molecule has 0 unspecified atom stereocenters. The average molecular weight is 253 g/mol. The quantitative estimate of drug-likeness (QED) is 0.723. The molecule has 3 rings (SSSR count). The van der Waals surface area contributed by atoms with Crippen LogP contribution in [0.2, 0.25) is 0 Å². The standard InChI is InChI=1S/C13H11N5O/c14-12-10(9-6-16-7-19-9)11(17-13(15)18-12)8-4-2-1-3-5-8/h1-7H,(H4,14,15,17,18). The van der Waals surface area contributed by atoms with Crippen LogP contribution in [0.4, 0.5) is 11.8 Å². The normalized spacial score (nSPS) is 10.5. The second-order valence-corrected chi connectivity index (χ2v) is 3.92. The smallest absolute Gasteiger partial charge is 0.222 e. The SMILES string of the molecule is Nc1nc(N)c(-c2cnco2)c(-c2ccccc2)n1. The number of oxazole rings is 1. The van der Waals surface area contributed by atoms with Crippen LogP contribution in [0, 0.1) is 0 Å². The number of nitrogens with zero attached hydrogens (tertiary/aromatic N) is 3. The zero-order valence-corrected chi connectivity index (χ0v) is 9.95. The van der Waals surface area contributed by atoms with E-state index in [-0.39, 0.29) is 11.8 Å². The van der Waals surface area contributed by atoms with E-state index >= 15 is 0 Å². The lowest BCUT2D eigenvalue weighted by Crippen LogP contribution is -2.04. The summed E-state index contributed by atoms with van der Waals surface area (Å²) < 4.78 is 5.29. The van der Waals surface area contributed by atoms with E-state index in [1.807, 2.05) is 30.3 Å². The van der Waals surface area contributed by atoms with Gasteiger partial charge in [-0.05, 0) is 0 Å². The zero-order valence-electron chi connectivity index (χ0n) is 9.95. The van der Waals surface area contributed by atoms with E-state index in [0.29, 0.717) is 17.0 Å². The number of hydrogen-bond donors (Lipinski definition) is 2. The molecule has 2 heterocycles. The molecule has 6 nitrogen and oxygen atoms in total. The molecule has 0 aliphatic carbocycles. The largest absolute Gasteiger partial charge is 0.443 e. The Kier molecular flexibility index (Phi) is 2.60. The van der Waals surface area contributed by atoms with Crippen LogP contribution in [0.3, 0.4) is 0 Å². The van der Waals surface area contributed by atoms with Crippen molar-refractivity contribution in [2.24, 2.45) is 0 Å². The van der Waals surface area contributed by atoms with Gasteiger partial charge in [-0.2, -0.15) is 4.98 Å². The fraction of sp³-hybridized carbons (Fsp3) is 0. The van der Waals surface area contributed by atoms with Crippen molar-refractivity contribution < 1.29 is 4.42 Å². The number of aromatic nitrogens is 3. The molecule has 0 bridgehead atoms. The fourth-order valence-electron chi connectivity index (χ4n) is 1.88. The predicted molar refractivity (Wildman–Crippen MR) is 71.8 cm³/mol. The fourth-order valence-corrected chi connectivity index (χ4v) is 1.88. The third-order valence-corrected chi connectivity index (χ3v) is 2.68. The highest BCUT2D eigenvalue weighted by Crippen LogP contribution is 2.34. The summed E-state index contributed by atoms with van der Waals surface area (Å²) in [5, 5.41) is 0. The third kappa shape index (κ3) is 1.99. The molecule has 0 atom stereocenters. The van der Waals surface area contributed by atoms with Crippen LogP contribution in [-0.2, 0) is 0 Å². The topological polar surface area (TPSA) is 104 Å². The number of nitrogen functional groups attached to an aromatic ring is 2. The van der Waals surface area contributed by atoms with Crippen molar-refractivity contribution in [3.05, 3.63) is 42.9 Å². The van der Waals surface area contributed by atoms with Gasteiger partial charge >= 0.3 is 0 Å². The van der Waals surface area contributed by atoms with Crippen molar-refractivity contribution >= 4 is 11.8 Å². The molecule has 0 aliphatic rings. The number of anilines is 2. The number of hydrogen-bond acceptors (Lipinski definition) is 6. The Morgan fingerprint density at radius 1 is 1.00 bits per heavy atom. The van der Waals surface area contributed by atoms with Crippen LogP contribution in [0.1, 0.15) is 0 Å². The van der Waals surface area contributed by atoms with Gasteiger partial charge in [-0.1, -0.05) is 30.3 Å². The summed E-state index contributed by atoms with van der Waals surface area (Å²) in [5.74, 6) is 0.902. The average Bonchev–Trinajstić information content (AvgIpc) is 2.92. The summed E-state index contributed by atoms with van der Waals surface area (Å²) in [6, 6.07) is 9.58. The molecule has 94 valence electrons. The van der Waals surface area contributed by atoms with E-state index < -0.39 is 0 Å². The van der Waals surface area contributed by atoms with Crippen LogP contribution in [0.15, 0.2) is 47.3 Å². The highest BCUT2D eigenvalue weighted by atomic mass is 16.3. The summed E-state index contributed by atoms with van der Waals surface area (Å²) in [6.07, 6.45) is 2.90. The van der Waals surface area contributed by atoms with Crippen molar-refractivity contribution in [2.75, 3.05) is 11.5 Å². The third-order valence-electron chi connectivity index (χ3n) is 2.68. The Morgan fingerprint density at radius 2 is 1.79 bits per heavy atom. The van der Waals surface area contributed by atoms with Crippen molar-refractivity contribution in [1.82, 2.24) is 15.0 Å². The van der Waals surface area contributed by atoms with Gasteiger partial charge in [0, 0.05) is 5.56 Å². The first-order valence-corrected chi connectivity index (χ1v) is 5.63. The van der Waals surface area contributed by atoms with Gasteiger partial charge < -0.3 is 15.9 Å². The minimum absolute atomic E-state index is 0.125. The van der Waals surface area contributed by atoms with E-state index in [0.717, 1.165) is 5.56 Å². The van der Waals surface area contributed by atoms with Gasteiger partial charge in [0.15, 0.2) is 12.2 Å². The molecule has 0 fully saturated rings. The van der Waals surface area contributed by atoms with Crippen LogP contribution in [-0.4, -0.2) is 15.0 Å². The maximum absolute atomic E-state index is 5.93. The lowest BCUT2D eigenvalue weighted by atomic mass is 10.1. The van der Waals surface area contributed by atoms with Crippen LogP contribution in [0.25, 0.3) is 22.6 Å². The van der Waals surface area contributed by atoms with Gasteiger partial charge in [0.2, 0.25) is 5.95 Å². The molecule has 19 heavy (non-hydrogen) atoms. The minimum atomic E-state index is 0.125. The van der Waals surface area contributed by atoms with Gasteiger partial charge in [0.05, 0.1) is 17.5 Å². The van der Waals surface area contributed by atoms with E-state index in [2.05, 4.69) is 15.0 Å². The molecule has 4 N–H and O–H groups in total. The minimum Gasteiger partial charge on any atom is -0.443 e. The highest BCUT2D eigenvalue weighted by molar-refractivity contribution is 5.85. The van der Waals surface area contributed by atoms with Gasteiger partial charge in [0.1, 0.15) is 5.82 Å². The second-order valence-electron chi connectivity index (χ2n) is 3.92. The molecule has 0 spiro atoms. The van der Waals surface area contributed by atoms with Crippen molar-refractivity contribution in [2.45, 2.75) is 0 Å². The lowest BCUT2D eigenvalue weighted by Gasteiger charge is -2.09. The van der Waals surface area contributed by atoms with Crippen LogP contribution < -0.4 is 11.5 Å². The summed E-state index contributed by atoms with van der Waals surface area (Å²) in [6.45, 7) is 0. The van der Waals surface area contributed by atoms with E-state index in [1.165, 1.54) is 6.39 Å². The van der Waals surface area contributed by atoms with E-state index in [1.54, 1.807) is 6.20 Å². The van der Waals surface area contributed by atoms with Crippen LogP contribution in [0.5, 0.6) is 0 Å². The summed E-state index contributed by atoms with van der Waals surface area (Å²) in [4.78, 5) is 12.1. The first kappa shape index (κ1) is 11.2. The molecule has 0 amide bonds. The van der Waals surface area contributed by atoms with Crippen molar-refractivity contribution in [3.63, 3.8) is 0 Å². The second kappa shape index (κ2) is 4.41. The maximum atomic E-state index is 5.93. The Labute approximate surface area is 109 Å². The number of rotatable bonds is 2. The monoisotopic (exact) mass is 253 g/mol. The molecule has 6 heteroatoms. The molecular formula is C13H11N5O. The maximum Gasteiger partial charge on any atom is 0.222 e. The van der Waals surface area contributed by atoms with E-state index in [4.69, 9.17) is 15.9 Å². The molecule has 0 saturated carbocycles. The molecule has 1 aromatic carbocycles. The summed E-state index contributed by atoms with van der Waals surface area (Å²) in [5.41, 5.74) is 13.7. The zero-order chi connectivity index (χ0) is 13.2. The highest BCUT2D eigenvalue weighted by Gasteiger charge is 2.17. The first-order valence-electron chi connectivity index (χ1n) is 5.63. The molecule has 3 aromatic rings. The Morgan fingerprint density at radius 3 is 2.47 bits per heavy atom. The summed E-state index contributed by atoms with van der Waals surface area (Å²) >= 11 is 0. The van der Waals surface area contributed by atoms with Gasteiger partial charge in [-0.3, -0.25) is 0 Å². The first-order chi connectivity index (χ1) is 9.25. The summed E-state index contributed by atoms with van der Waals surface area (Å²) in [7, 11) is 0. The molecule has 0 saturated heterocycles. The predicted octanol–water partition coefficient (Wildman–Crippen LogP) is 1.96. The van der Waals surface area contributed by atoms with Gasteiger partial charge in [-0.25, -0.2) is 9.97 Å².